The van der Waals surface area contributed by atoms with Crippen LogP contribution in [0.3, 0.4) is 0 Å². The lowest BCUT2D eigenvalue weighted by Gasteiger charge is -2.23. The zero-order valence-electron chi connectivity index (χ0n) is 10.6. The molecule has 1 aromatic rings. The molecular weight excluding hydrogens is 284 g/mol. The Morgan fingerprint density at radius 1 is 1.40 bits per heavy atom. The number of amides is 1. The minimum Gasteiger partial charge on any atom is -0.378 e. The minimum absolute atomic E-state index is 0.238. The van der Waals surface area contributed by atoms with Gasteiger partial charge < -0.3 is 15.4 Å². The summed E-state index contributed by atoms with van der Waals surface area (Å²) in [6.45, 7) is 1.50. The molecule has 0 bridgehead atoms. The highest BCUT2D eigenvalue weighted by molar-refractivity contribution is 7.90. The van der Waals surface area contributed by atoms with E-state index in [0.29, 0.717) is 25.4 Å². The first-order valence-electron chi connectivity index (χ1n) is 5.97. The first-order chi connectivity index (χ1) is 9.44. The Morgan fingerprint density at radius 3 is 2.80 bits per heavy atom. The quantitative estimate of drug-likeness (QED) is 0.581. The summed E-state index contributed by atoms with van der Waals surface area (Å²) >= 11 is 0. The topological polar surface area (TPSA) is 123 Å². The Labute approximate surface area is 116 Å². The SMILES string of the molecule is NS(=O)(=O)Nc1cccc(NC(=O)C2COCCN2)c1. The van der Waals surface area contributed by atoms with Gasteiger partial charge in [-0.2, -0.15) is 8.42 Å². The predicted molar refractivity (Wildman–Crippen MR) is 74.4 cm³/mol. The molecule has 5 N–H and O–H groups in total. The Kier molecular flexibility index (Phi) is 4.55. The van der Waals surface area contributed by atoms with Crippen LogP contribution in [0.1, 0.15) is 0 Å². The molecule has 1 atom stereocenters. The smallest absolute Gasteiger partial charge is 0.296 e. The third kappa shape index (κ3) is 4.46. The minimum atomic E-state index is -3.84. The maximum Gasteiger partial charge on any atom is 0.296 e. The summed E-state index contributed by atoms with van der Waals surface area (Å²) in [6, 6.07) is 5.84. The second kappa shape index (κ2) is 6.18. The number of rotatable bonds is 4. The van der Waals surface area contributed by atoms with Crippen LogP contribution in [0.25, 0.3) is 0 Å². The van der Waals surface area contributed by atoms with Gasteiger partial charge in [0.2, 0.25) is 5.91 Å². The van der Waals surface area contributed by atoms with E-state index in [1.165, 1.54) is 12.1 Å². The van der Waals surface area contributed by atoms with Crippen molar-refractivity contribution in [3.8, 4) is 0 Å². The normalized spacial score (nSPS) is 19.4. The Balaban J connectivity index is 2.02. The van der Waals surface area contributed by atoms with E-state index < -0.39 is 16.3 Å². The molecule has 1 heterocycles. The van der Waals surface area contributed by atoms with E-state index in [1.807, 2.05) is 0 Å². The monoisotopic (exact) mass is 300 g/mol. The second-order valence-electron chi connectivity index (χ2n) is 4.30. The largest absolute Gasteiger partial charge is 0.378 e. The van der Waals surface area contributed by atoms with Gasteiger partial charge in [0.15, 0.2) is 0 Å². The van der Waals surface area contributed by atoms with E-state index in [1.54, 1.807) is 12.1 Å². The van der Waals surface area contributed by atoms with Crippen LogP contribution in [0.4, 0.5) is 11.4 Å². The average Bonchev–Trinajstić information content (AvgIpc) is 2.38. The van der Waals surface area contributed by atoms with Gasteiger partial charge in [0.05, 0.1) is 18.9 Å². The maximum atomic E-state index is 11.9. The highest BCUT2D eigenvalue weighted by Crippen LogP contribution is 2.16. The molecule has 1 amide bonds. The van der Waals surface area contributed by atoms with Gasteiger partial charge in [0.25, 0.3) is 10.2 Å². The second-order valence-corrected chi connectivity index (χ2v) is 5.59. The summed E-state index contributed by atoms with van der Waals surface area (Å²) in [4.78, 5) is 11.9. The number of anilines is 2. The maximum absolute atomic E-state index is 11.9. The third-order valence-electron chi connectivity index (χ3n) is 2.63. The fraction of sp³-hybridized carbons (Fsp3) is 0.364. The molecule has 1 fully saturated rings. The molecule has 0 saturated carbocycles. The van der Waals surface area contributed by atoms with Crippen molar-refractivity contribution < 1.29 is 17.9 Å². The van der Waals surface area contributed by atoms with Crippen molar-refractivity contribution >= 4 is 27.5 Å². The molecule has 1 aliphatic rings. The number of carbonyl (C=O) groups is 1. The number of hydrogen-bond donors (Lipinski definition) is 4. The Morgan fingerprint density at radius 2 is 2.15 bits per heavy atom. The molecule has 1 unspecified atom stereocenters. The van der Waals surface area contributed by atoms with Gasteiger partial charge in [-0.05, 0) is 18.2 Å². The number of nitrogens with two attached hydrogens (primary N) is 1. The van der Waals surface area contributed by atoms with E-state index in [4.69, 9.17) is 9.88 Å². The van der Waals surface area contributed by atoms with Crippen molar-refractivity contribution in [2.45, 2.75) is 6.04 Å². The molecule has 1 aromatic carbocycles. The molecular formula is C11H16N4O4S. The van der Waals surface area contributed by atoms with Crippen LogP contribution in [0.5, 0.6) is 0 Å². The molecule has 0 spiro atoms. The van der Waals surface area contributed by atoms with Crippen LogP contribution in [0, 0.1) is 0 Å². The van der Waals surface area contributed by atoms with Crippen molar-refractivity contribution in [1.29, 1.82) is 0 Å². The lowest BCUT2D eigenvalue weighted by Crippen LogP contribution is -2.48. The highest BCUT2D eigenvalue weighted by Gasteiger charge is 2.21. The van der Waals surface area contributed by atoms with Crippen LogP contribution in [-0.2, 0) is 19.7 Å². The number of morpholine rings is 1. The molecule has 1 aliphatic heterocycles. The summed E-state index contributed by atoms with van der Waals surface area (Å²) in [7, 11) is -3.84. The molecule has 8 nitrogen and oxygen atoms in total. The number of benzene rings is 1. The molecule has 2 rings (SSSR count). The lowest BCUT2D eigenvalue weighted by molar-refractivity contribution is -0.120. The van der Waals surface area contributed by atoms with Gasteiger partial charge >= 0.3 is 0 Å². The van der Waals surface area contributed by atoms with Gasteiger partial charge in [-0.3, -0.25) is 9.52 Å². The van der Waals surface area contributed by atoms with Crippen molar-refractivity contribution in [1.82, 2.24) is 5.32 Å². The lowest BCUT2D eigenvalue weighted by atomic mass is 10.2. The first-order valence-corrected chi connectivity index (χ1v) is 7.51. The van der Waals surface area contributed by atoms with Crippen molar-refractivity contribution in [2.24, 2.45) is 5.14 Å². The van der Waals surface area contributed by atoms with E-state index in [9.17, 15) is 13.2 Å². The summed E-state index contributed by atoms with van der Waals surface area (Å²) < 4.78 is 29.2. The number of nitrogens with one attached hydrogen (secondary N) is 3. The summed E-state index contributed by atoms with van der Waals surface area (Å²) in [6.07, 6.45) is 0. The molecule has 20 heavy (non-hydrogen) atoms. The van der Waals surface area contributed by atoms with Gasteiger partial charge in [-0.1, -0.05) is 6.07 Å². The van der Waals surface area contributed by atoms with Crippen LogP contribution in [-0.4, -0.2) is 40.1 Å². The van der Waals surface area contributed by atoms with E-state index in [2.05, 4.69) is 15.4 Å². The molecule has 9 heteroatoms. The molecule has 1 saturated heterocycles. The number of hydrogen-bond acceptors (Lipinski definition) is 5. The third-order valence-corrected chi connectivity index (χ3v) is 3.15. The zero-order chi connectivity index (χ0) is 14.6. The fourth-order valence-electron chi connectivity index (χ4n) is 1.79. The summed E-state index contributed by atoms with van der Waals surface area (Å²) in [5.41, 5.74) is 0.745. The Bertz CT molecular complexity index is 584. The van der Waals surface area contributed by atoms with Gasteiger partial charge in [-0.15, -0.1) is 0 Å². The summed E-state index contributed by atoms with van der Waals surface area (Å²) in [5, 5.41) is 10.6. The van der Waals surface area contributed by atoms with Crippen molar-refractivity contribution in [3.63, 3.8) is 0 Å². The highest BCUT2D eigenvalue weighted by atomic mass is 32.2. The van der Waals surface area contributed by atoms with Gasteiger partial charge in [0, 0.05) is 12.2 Å². The fourth-order valence-corrected chi connectivity index (χ4v) is 2.24. The molecule has 0 aromatic heterocycles. The number of ether oxygens (including phenoxy) is 1. The van der Waals surface area contributed by atoms with Crippen LogP contribution in [0.2, 0.25) is 0 Å². The van der Waals surface area contributed by atoms with E-state index in [0.717, 1.165) is 0 Å². The molecule has 110 valence electrons. The Hall–Kier alpha value is -1.68. The standard InChI is InChI=1S/C11H16N4O4S/c12-20(17,18)15-9-3-1-2-8(6-9)14-11(16)10-7-19-5-4-13-10/h1-3,6,10,13,15H,4-5,7H2,(H,14,16)(H2,12,17,18). The number of carbonyl (C=O) groups excluding carboxylic acids is 1. The van der Waals surface area contributed by atoms with Crippen LogP contribution >= 0.6 is 0 Å². The predicted octanol–water partition coefficient (Wildman–Crippen LogP) is -0.771. The molecule has 0 aliphatic carbocycles. The van der Waals surface area contributed by atoms with Crippen molar-refractivity contribution in [3.05, 3.63) is 24.3 Å². The van der Waals surface area contributed by atoms with Gasteiger partial charge in [0.1, 0.15) is 6.04 Å². The summed E-state index contributed by atoms with van der Waals surface area (Å²) in [5.74, 6) is -0.238. The van der Waals surface area contributed by atoms with Gasteiger partial charge in [-0.25, -0.2) is 5.14 Å². The first kappa shape index (κ1) is 14.7. The zero-order valence-corrected chi connectivity index (χ0v) is 11.4. The average molecular weight is 300 g/mol. The van der Waals surface area contributed by atoms with E-state index in [-0.39, 0.29) is 11.6 Å². The van der Waals surface area contributed by atoms with Crippen molar-refractivity contribution in [2.75, 3.05) is 29.8 Å². The van der Waals surface area contributed by atoms with Crippen LogP contribution in [0.15, 0.2) is 24.3 Å². The molecule has 0 radical (unpaired) electrons. The van der Waals surface area contributed by atoms with Crippen LogP contribution < -0.4 is 20.5 Å². The van der Waals surface area contributed by atoms with E-state index >= 15 is 0 Å².